The van der Waals surface area contributed by atoms with Gasteiger partial charge < -0.3 is 10.6 Å². The van der Waals surface area contributed by atoms with E-state index in [0.717, 1.165) is 34.1 Å². The minimum atomic E-state index is 0.143. The molecule has 1 saturated heterocycles. The lowest BCUT2D eigenvalue weighted by molar-refractivity contribution is 0.591. The van der Waals surface area contributed by atoms with Crippen molar-refractivity contribution in [3.8, 4) is 0 Å². The summed E-state index contributed by atoms with van der Waals surface area (Å²) in [6.07, 6.45) is 4.58. The summed E-state index contributed by atoms with van der Waals surface area (Å²) in [4.78, 5) is 2.34. The summed E-state index contributed by atoms with van der Waals surface area (Å²) in [6, 6.07) is 5.92. The molecule has 0 spiro atoms. The van der Waals surface area contributed by atoms with Crippen LogP contribution < -0.4 is 10.6 Å². The van der Waals surface area contributed by atoms with Crippen LogP contribution in [0.15, 0.2) is 22.7 Å². The summed E-state index contributed by atoms with van der Waals surface area (Å²) in [5, 5.41) is 8.45. The van der Waals surface area contributed by atoms with Crippen molar-refractivity contribution in [3.63, 3.8) is 0 Å². The summed E-state index contributed by atoms with van der Waals surface area (Å²) >= 11 is 5.45. The number of benzene rings is 1. The first-order chi connectivity index (χ1) is 8.61. The van der Waals surface area contributed by atoms with Crippen LogP contribution in [0.25, 0.3) is 0 Å². The predicted octanol–water partition coefficient (Wildman–Crippen LogP) is 3.06. The van der Waals surface area contributed by atoms with Gasteiger partial charge in [-0.15, -0.1) is 0 Å². The Balaban J connectivity index is 2.22. The molecular weight excluding hydrogens is 310 g/mol. The molecule has 0 aromatic heterocycles. The lowest BCUT2D eigenvalue weighted by Gasteiger charge is -2.34. The minimum absolute atomic E-state index is 0.143. The van der Waals surface area contributed by atoms with Gasteiger partial charge in [-0.05, 0) is 37.3 Å². The molecule has 3 N–H and O–H groups in total. The fraction of sp³-hybridized carbons (Fsp3) is 0.462. The van der Waals surface area contributed by atoms with E-state index in [-0.39, 0.29) is 5.84 Å². The molecular formula is C13H18BrN3S. The van der Waals surface area contributed by atoms with Gasteiger partial charge in [0, 0.05) is 34.1 Å². The maximum atomic E-state index is 7.67. The second-order valence-electron chi connectivity index (χ2n) is 4.50. The van der Waals surface area contributed by atoms with E-state index in [9.17, 15) is 0 Å². The molecule has 2 rings (SSSR count). The Kier molecular flexibility index (Phi) is 4.56. The third-order valence-corrected chi connectivity index (χ3v) is 5.00. The van der Waals surface area contributed by atoms with Gasteiger partial charge >= 0.3 is 0 Å². The molecule has 0 aliphatic carbocycles. The highest BCUT2D eigenvalue weighted by Crippen LogP contribution is 2.29. The quantitative estimate of drug-likeness (QED) is 0.662. The molecule has 0 bridgehead atoms. The van der Waals surface area contributed by atoms with Gasteiger partial charge in [-0.25, -0.2) is 0 Å². The number of hydrogen-bond donors (Lipinski definition) is 2. The standard InChI is InChI=1S/C13H18BrN3S/c1-18-10-4-6-17(7-5-10)12-8-9(14)2-3-11(12)13(15)16/h2-3,8,10H,4-7H2,1H3,(H3,15,16). The van der Waals surface area contributed by atoms with E-state index in [4.69, 9.17) is 11.1 Å². The van der Waals surface area contributed by atoms with Gasteiger partial charge in [0.15, 0.2) is 0 Å². The molecule has 1 aromatic rings. The SMILES string of the molecule is CSC1CCN(c2cc(Br)ccc2C(=N)N)CC1. The lowest BCUT2D eigenvalue weighted by atomic mass is 10.1. The Hall–Kier alpha value is -0.680. The van der Waals surface area contributed by atoms with E-state index in [2.05, 4.69) is 33.2 Å². The molecule has 1 fully saturated rings. The monoisotopic (exact) mass is 327 g/mol. The van der Waals surface area contributed by atoms with Crippen LogP contribution in [0.5, 0.6) is 0 Å². The van der Waals surface area contributed by atoms with Gasteiger partial charge in [0.25, 0.3) is 0 Å². The minimum Gasteiger partial charge on any atom is -0.384 e. The number of nitrogen functional groups attached to an aromatic ring is 1. The molecule has 0 saturated carbocycles. The molecule has 1 aliphatic heterocycles. The molecule has 1 aromatic carbocycles. The second-order valence-corrected chi connectivity index (χ2v) is 6.55. The zero-order chi connectivity index (χ0) is 13.1. The zero-order valence-corrected chi connectivity index (χ0v) is 12.9. The Morgan fingerprint density at radius 2 is 2.11 bits per heavy atom. The Labute approximate surface area is 121 Å². The first-order valence-electron chi connectivity index (χ1n) is 6.03. The van der Waals surface area contributed by atoms with E-state index >= 15 is 0 Å². The van der Waals surface area contributed by atoms with Crippen molar-refractivity contribution in [2.45, 2.75) is 18.1 Å². The molecule has 1 heterocycles. The number of nitrogens with one attached hydrogen (secondary N) is 1. The number of piperidine rings is 1. The summed E-state index contributed by atoms with van der Waals surface area (Å²) in [5.41, 5.74) is 7.58. The highest BCUT2D eigenvalue weighted by molar-refractivity contribution is 9.10. The number of amidine groups is 1. The van der Waals surface area contributed by atoms with Crippen LogP contribution in [0.2, 0.25) is 0 Å². The molecule has 0 unspecified atom stereocenters. The van der Waals surface area contributed by atoms with Gasteiger partial charge in [-0.2, -0.15) is 11.8 Å². The third-order valence-electron chi connectivity index (χ3n) is 3.37. The number of rotatable bonds is 3. The van der Waals surface area contributed by atoms with Crippen LogP contribution in [-0.4, -0.2) is 30.4 Å². The van der Waals surface area contributed by atoms with Crippen LogP contribution in [-0.2, 0) is 0 Å². The number of halogens is 1. The van der Waals surface area contributed by atoms with Crippen LogP contribution in [0.1, 0.15) is 18.4 Å². The first-order valence-corrected chi connectivity index (χ1v) is 8.11. The van der Waals surface area contributed by atoms with E-state index in [0.29, 0.717) is 0 Å². The highest BCUT2D eigenvalue weighted by atomic mass is 79.9. The Bertz CT molecular complexity index is 442. The lowest BCUT2D eigenvalue weighted by Crippen LogP contribution is -2.36. The van der Waals surface area contributed by atoms with E-state index in [1.165, 1.54) is 12.8 Å². The molecule has 1 aliphatic rings. The maximum absolute atomic E-state index is 7.67. The number of nitrogens with two attached hydrogens (primary N) is 1. The molecule has 98 valence electrons. The van der Waals surface area contributed by atoms with Gasteiger partial charge in [-0.1, -0.05) is 15.9 Å². The molecule has 5 heteroatoms. The number of anilines is 1. The highest BCUT2D eigenvalue weighted by Gasteiger charge is 2.21. The van der Waals surface area contributed by atoms with Crippen molar-refractivity contribution in [2.75, 3.05) is 24.2 Å². The molecule has 0 amide bonds. The van der Waals surface area contributed by atoms with Crippen LogP contribution in [0, 0.1) is 5.41 Å². The first kappa shape index (κ1) is 13.7. The normalized spacial score (nSPS) is 16.9. The van der Waals surface area contributed by atoms with Crippen molar-refractivity contribution in [1.82, 2.24) is 0 Å². The molecule has 3 nitrogen and oxygen atoms in total. The van der Waals surface area contributed by atoms with Crippen molar-refractivity contribution < 1.29 is 0 Å². The zero-order valence-electron chi connectivity index (χ0n) is 10.4. The van der Waals surface area contributed by atoms with Crippen molar-refractivity contribution in [3.05, 3.63) is 28.2 Å². The maximum Gasteiger partial charge on any atom is 0.124 e. The smallest absolute Gasteiger partial charge is 0.124 e. The summed E-state index contributed by atoms with van der Waals surface area (Å²) in [6.45, 7) is 2.09. The van der Waals surface area contributed by atoms with Crippen molar-refractivity contribution in [1.29, 1.82) is 5.41 Å². The molecule has 18 heavy (non-hydrogen) atoms. The summed E-state index contributed by atoms with van der Waals surface area (Å²) in [7, 11) is 0. The van der Waals surface area contributed by atoms with Crippen molar-refractivity contribution >= 4 is 39.2 Å². The largest absolute Gasteiger partial charge is 0.384 e. The van der Waals surface area contributed by atoms with E-state index in [1.807, 2.05) is 23.9 Å². The fourth-order valence-corrected chi connectivity index (χ4v) is 3.36. The van der Waals surface area contributed by atoms with E-state index in [1.54, 1.807) is 0 Å². The predicted molar refractivity (Wildman–Crippen MR) is 83.9 cm³/mol. The number of nitrogens with zero attached hydrogens (tertiary/aromatic N) is 1. The Morgan fingerprint density at radius 1 is 1.44 bits per heavy atom. The second kappa shape index (κ2) is 5.97. The van der Waals surface area contributed by atoms with Crippen LogP contribution in [0.4, 0.5) is 5.69 Å². The average Bonchev–Trinajstić information content (AvgIpc) is 2.38. The van der Waals surface area contributed by atoms with E-state index < -0.39 is 0 Å². The summed E-state index contributed by atoms with van der Waals surface area (Å²) < 4.78 is 1.04. The summed E-state index contributed by atoms with van der Waals surface area (Å²) in [5.74, 6) is 0.143. The van der Waals surface area contributed by atoms with Gasteiger partial charge in [-0.3, -0.25) is 5.41 Å². The average molecular weight is 328 g/mol. The third kappa shape index (κ3) is 3.01. The van der Waals surface area contributed by atoms with Gasteiger partial charge in [0.1, 0.15) is 5.84 Å². The Morgan fingerprint density at radius 3 is 2.67 bits per heavy atom. The van der Waals surface area contributed by atoms with Crippen LogP contribution in [0.3, 0.4) is 0 Å². The number of thioether (sulfide) groups is 1. The molecule has 0 atom stereocenters. The van der Waals surface area contributed by atoms with Gasteiger partial charge in [0.05, 0.1) is 0 Å². The van der Waals surface area contributed by atoms with Crippen molar-refractivity contribution in [2.24, 2.45) is 5.73 Å². The van der Waals surface area contributed by atoms with Gasteiger partial charge in [0.2, 0.25) is 0 Å². The van der Waals surface area contributed by atoms with Crippen LogP contribution >= 0.6 is 27.7 Å². The molecule has 0 radical (unpaired) electrons. The number of hydrogen-bond acceptors (Lipinski definition) is 3. The topological polar surface area (TPSA) is 53.1 Å². The fourth-order valence-electron chi connectivity index (χ4n) is 2.33.